The van der Waals surface area contributed by atoms with Gasteiger partial charge in [0.15, 0.2) is 5.13 Å². The van der Waals surface area contributed by atoms with E-state index in [1.165, 1.54) is 11.3 Å². The summed E-state index contributed by atoms with van der Waals surface area (Å²) < 4.78 is 10.6. The first-order valence-corrected chi connectivity index (χ1v) is 7.53. The molecule has 0 aliphatic rings. The predicted octanol–water partition coefficient (Wildman–Crippen LogP) is 3.97. The zero-order chi connectivity index (χ0) is 15.4. The van der Waals surface area contributed by atoms with Crippen molar-refractivity contribution in [3.8, 4) is 22.8 Å². The Morgan fingerprint density at radius 2 is 1.82 bits per heavy atom. The number of aromatic nitrogens is 2. The van der Waals surface area contributed by atoms with Crippen molar-refractivity contribution in [2.75, 3.05) is 19.5 Å². The first-order chi connectivity index (χ1) is 10.8. The molecule has 0 unspecified atom stereocenters. The van der Waals surface area contributed by atoms with Gasteiger partial charge in [-0.15, -0.1) is 11.3 Å². The Labute approximate surface area is 132 Å². The van der Waals surface area contributed by atoms with Crippen LogP contribution in [-0.2, 0) is 0 Å². The number of rotatable bonds is 5. The lowest BCUT2D eigenvalue weighted by Gasteiger charge is -2.06. The minimum absolute atomic E-state index is 0.738. The molecule has 1 aromatic carbocycles. The number of hydrogen-bond donors (Lipinski definition) is 1. The molecule has 0 atom stereocenters. The molecule has 112 valence electrons. The smallest absolute Gasteiger partial charge is 0.188 e. The Balaban J connectivity index is 1.87. The van der Waals surface area contributed by atoms with Gasteiger partial charge < -0.3 is 14.8 Å². The largest absolute Gasteiger partial charge is 0.497 e. The van der Waals surface area contributed by atoms with Gasteiger partial charge in [-0.05, 0) is 24.3 Å². The van der Waals surface area contributed by atoms with Gasteiger partial charge in [-0.25, -0.2) is 9.97 Å². The molecular formula is C16H15N3O2S. The number of nitrogens with zero attached hydrogens (tertiary/aromatic N) is 2. The lowest BCUT2D eigenvalue weighted by atomic mass is 10.1. The number of pyridine rings is 1. The van der Waals surface area contributed by atoms with E-state index in [0.717, 1.165) is 33.7 Å². The minimum Gasteiger partial charge on any atom is -0.497 e. The Morgan fingerprint density at radius 3 is 2.45 bits per heavy atom. The lowest BCUT2D eigenvalue weighted by Crippen LogP contribution is -1.92. The van der Waals surface area contributed by atoms with Crippen LogP contribution in [-0.4, -0.2) is 24.2 Å². The van der Waals surface area contributed by atoms with Crippen LogP contribution in [0, 0.1) is 0 Å². The summed E-state index contributed by atoms with van der Waals surface area (Å²) in [5, 5.41) is 5.96. The van der Waals surface area contributed by atoms with Crippen molar-refractivity contribution in [2.45, 2.75) is 0 Å². The van der Waals surface area contributed by atoms with Crippen LogP contribution in [0.1, 0.15) is 0 Å². The second kappa shape index (κ2) is 6.44. The van der Waals surface area contributed by atoms with Crippen LogP contribution < -0.4 is 14.8 Å². The number of ether oxygens (including phenoxy) is 2. The van der Waals surface area contributed by atoms with Gasteiger partial charge in [0, 0.05) is 23.2 Å². The van der Waals surface area contributed by atoms with Crippen molar-refractivity contribution >= 4 is 22.3 Å². The fraction of sp³-hybridized carbons (Fsp3) is 0.125. The number of nitrogens with one attached hydrogen (secondary N) is 1. The highest BCUT2D eigenvalue weighted by atomic mass is 32.1. The predicted molar refractivity (Wildman–Crippen MR) is 88.2 cm³/mol. The van der Waals surface area contributed by atoms with E-state index < -0.39 is 0 Å². The average molecular weight is 313 g/mol. The second-order valence-corrected chi connectivity index (χ2v) is 5.34. The molecule has 0 fully saturated rings. The molecule has 2 heterocycles. The molecule has 3 rings (SSSR count). The third kappa shape index (κ3) is 3.17. The fourth-order valence-electron chi connectivity index (χ4n) is 1.97. The molecule has 0 spiro atoms. The Hall–Kier alpha value is -2.60. The monoisotopic (exact) mass is 313 g/mol. The molecule has 0 saturated heterocycles. The van der Waals surface area contributed by atoms with Crippen LogP contribution in [0.4, 0.5) is 10.9 Å². The van der Waals surface area contributed by atoms with Crippen LogP contribution in [0.3, 0.4) is 0 Å². The van der Waals surface area contributed by atoms with Crippen molar-refractivity contribution in [2.24, 2.45) is 0 Å². The van der Waals surface area contributed by atoms with E-state index >= 15 is 0 Å². The van der Waals surface area contributed by atoms with Gasteiger partial charge in [-0.3, -0.25) is 0 Å². The molecule has 2 aromatic heterocycles. The summed E-state index contributed by atoms with van der Waals surface area (Å²) in [4.78, 5) is 8.81. The fourth-order valence-corrected chi connectivity index (χ4v) is 2.69. The molecule has 22 heavy (non-hydrogen) atoms. The number of methoxy groups -OCH3 is 2. The average Bonchev–Trinajstić information content (AvgIpc) is 3.03. The summed E-state index contributed by atoms with van der Waals surface area (Å²) >= 11 is 1.52. The molecule has 1 N–H and O–H groups in total. The molecule has 3 aromatic rings. The number of thiazole rings is 1. The van der Waals surface area contributed by atoms with Gasteiger partial charge in [0.2, 0.25) is 0 Å². The molecule has 0 aliphatic heterocycles. The van der Waals surface area contributed by atoms with Gasteiger partial charge >= 0.3 is 0 Å². The van der Waals surface area contributed by atoms with Crippen molar-refractivity contribution in [1.29, 1.82) is 0 Å². The number of anilines is 2. The SMILES string of the molecule is COc1cc(OC)cc(-c2csc(Nc3ccccn3)n2)c1. The van der Waals surface area contributed by atoms with E-state index in [4.69, 9.17) is 9.47 Å². The quantitative estimate of drug-likeness (QED) is 0.772. The van der Waals surface area contributed by atoms with E-state index in [9.17, 15) is 0 Å². The van der Waals surface area contributed by atoms with Crippen LogP contribution >= 0.6 is 11.3 Å². The van der Waals surface area contributed by atoms with Gasteiger partial charge in [0.1, 0.15) is 17.3 Å². The molecule has 5 nitrogen and oxygen atoms in total. The molecule has 0 bridgehead atoms. The van der Waals surface area contributed by atoms with E-state index in [1.54, 1.807) is 20.4 Å². The molecule has 0 amide bonds. The maximum absolute atomic E-state index is 5.29. The van der Waals surface area contributed by atoms with Crippen molar-refractivity contribution in [3.05, 3.63) is 48.0 Å². The minimum atomic E-state index is 0.738. The van der Waals surface area contributed by atoms with E-state index in [-0.39, 0.29) is 0 Å². The molecule has 6 heteroatoms. The summed E-state index contributed by atoms with van der Waals surface area (Å²) in [5.74, 6) is 2.25. The second-order valence-electron chi connectivity index (χ2n) is 4.48. The molecular weight excluding hydrogens is 298 g/mol. The molecule has 0 saturated carbocycles. The summed E-state index contributed by atoms with van der Waals surface area (Å²) in [6.07, 6.45) is 1.74. The van der Waals surface area contributed by atoms with Crippen LogP contribution in [0.25, 0.3) is 11.3 Å². The van der Waals surface area contributed by atoms with Crippen LogP contribution in [0.5, 0.6) is 11.5 Å². The van der Waals surface area contributed by atoms with E-state index in [2.05, 4.69) is 15.3 Å². The first kappa shape index (κ1) is 14.3. The van der Waals surface area contributed by atoms with Crippen LogP contribution in [0.2, 0.25) is 0 Å². The summed E-state index contributed by atoms with van der Waals surface area (Å²) in [6.45, 7) is 0. The van der Waals surface area contributed by atoms with Gasteiger partial charge in [0.05, 0.1) is 19.9 Å². The third-order valence-corrected chi connectivity index (χ3v) is 3.81. The lowest BCUT2D eigenvalue weighted by molar-refractivity contribution is 0.394. The zero-order valence-corrected chi connectivity index (χ0v) is 13.1. The van der Waals surface area contributed by atoms with Crippen molar-refractivity contribution in [3.63, 3.8) is 0 Å². The van der Waals surface area contributed by atoms with Gasteiger partial charge in [-0.1, -0.05) is 6.07 Å². The molecule has 0 radical (unpaired) electrons. The van der Waals surface area contributed by atoms with E-state index in [1.807, 2.05) is 41.8 Å². The highest BCUT2D eigenvalue weighted by molar-refractivity contribution is 7.14. The van der Waals surface area contributed by atoms with Crippen molar-refractivity contribution < 1.29 is 9.47 Å². The first-order valence-electron chi connectivity index (χ1n) is 6.65. The zero-order valence-electron chi connectivity index (χ0n) is 12.2. The Kier molecular flexibility index (Phi) is 4.20. The maximum Gasteiger partial charge on any atom is 0.188 e. The number of benzene rings is 1. The van der Waals surface area contributed by atoms with Gasteiger partial charge in [0.25, 0.3) is 0 Å². The highest BCUT2D eigenvalue weighted by Crippen LogP contribution is 2.32. The maximum atomic E-state index is 5.29. The van der Waals surface area contributed by atoms with Gasteiger partial charge in [-0.2, -0.15) is 0 Å². The van der Waals surface area contributed by atoms with E-state index in [0.29, 0.717) is 0 Å². The van der Waals surface area contributed by atoms with Crippen molar-refractivity contribution in [1.82, 2.24) is 9.97 Å². The normalized spacial score (nSPS) is 10.3. The number of hydrogen-bond acceptors (Lipinski definition) is 6. The van der Waals surface area contributed by atoms with Crippen LogP contribution in [0.15, 0.2) is 48.0 Å². The summed E-state index contributed by atoms with van der Waals surface area (Å²) in [5.41, 5.74) is 1.81. The third-order valence-electron chi connectivity index (χ3n) is 3.05. The molecule has 0 aliphatic carbocycles. The Morgan fingerprint density at radius 1 is 1.05 bits per heavy atom. The Bertz CT molecular complexity index is 737. The highest BCUT2D eigenvalue weighted by Gasteiger charge is 2.09. The summed E-state index contributed by atoms with van der Waals surface area (Å²) in [7, 11) is 3.27. The topological polar surface area (TPSA) is 56.3 Å². The standard InChI is InChI=1S/C16H15N3O2S/c1-20-12-7-11(8-13(9-12)21-2)14-10-22-16(18-14)19-15-5-3-4-6-17-15/h3-10H,1-2H3,(H,17,18,19). The summed E-state index contributed by atoms with van der Waals surface area (Å²) in [6, 6.07) is 11.4.